The number of hydrogen-bond donors (Lipinski definition) is 0. The van der Waals surface area contributed by atoms with Crippen molar-refractivity contribution in [2.45, 2.75) is 64.2 Å². The Kier molecular flexibility index (Phi) is 7.37. The molecule has 3 fully saturated rings. The molecule has 0 radical (unpaired) electrons. The minimum atomic E-state index is -0.364. The van der Waals surface area contributed by atoms with E-state index < -0.39 is 0 Å². The molecule has 2 saturated heterocycles. The molecule has 3 heterocycles. The van der Waals surface area contributed by atoms with Gasteiger partial charge in [0.15, 0.2) is 5.16 Å². The van der Waals surface area contributed by atoms with E-state index in [-0.39, 0.29) is 40.3 Å². The van der Waals surface area contributed by atoms with Crippen molar-refractivity contribution in [3.63, 3.8) is 0 Å². The number of carbonyl (C=O) groups excluding carboxylic acids is 2. The van der Waals surface area contributed by atoms with Crippen LogP contribution in [-0.4, -0.2) is 75.6 Å². The molecule has 1 aliphatic carbocycles. The number of amides is 2. The van der Waals surface area contributed by atoms with Crippen molar-refractivity contribution in [1.82, 2.24) is 19.8 Å². The van der Waals surface area contributed by atoms with Crippen molar-refractivity contribution >= 4 is 41.0 Å². The lowest BCUT2D eigenvalue weighted by atomic mass is 9.65. The van der Waals surface area contributed by atoms with Gasteiger partial charge in [0.2, 0.25) is 5.91 Å². The number of thioether (sulfide) groups is 1. The van der Waals surface area contributed by atoms with Crippen molar-refractivity contribution in [3.05, 3.63) is 46.9 Å². The van der Waals surface area contributed by atoms with Crippen LogP contribution in [0.15, 0.2) is 35.5 Å². The first kappa shape index (κ1) is 27.2. The Morgan fingerprint density at radius 3 is 2.55 bits per heavy atom. The maximum Gasteiger partial charge on any atom is 0.254 e. The highest BCUT2D eigenvalue weighted by molar-refractivity contribution is 7.99. The van der Waals surface area contributed by atoms with Crippen LogP contribution in [0.3, 0.4) is 0 Å². The van der Waals surface area contributed by atoms with Crippen LogP contribution in [0.1, 0.15) is 57.3 Å². The summed E-state index contributed by atoms with van der Waals surface area (Å²) >= 11 is 7.69. The minimum absolute atomic E-state index is 0.0761. The van der Waals surface area contributed by atoms with E-state index >= 15 is 0 Å². The van der Waals surface area contributed by atoms with Gasteiger partial charge in [-0.3, -0.25) is 9.59 Å². The third-order valence-corrected chi connectivity index (χ3v) is 9.05. The number of piperazine rings is 1. The Morgan fingerprint density at radius 2 is 1.84 bits per heavy atom. The van der Waals surface area contributed by atoms with Crippen LogP contribution in [0.25, 0.3) is 0 Å². The van der Waals surface area contributed by atoms with Crippen molar-refractivity contribution in [2.24, 2.45) is 10.8 Å². The summed E-state index contributed by atoms with van der Waals surface area (Å²) in [6.45, 7) is 11.4. The Bertz CT molecular complexity index is 1230. The molecule has 10 heteroatoms. The second-order valence-corrected chi connectivity index (χ2v) is 13.5. The molecule has 1 aromatic carbocycles. The van der Waals surface area contributed by atoms with Gasteiger partial charge in [-0.25, -0.2) is 14.4 Å². The largest absolute Gasteiger partial charge is 0.353 e. The lowest BCUT2D eigenvalue weighted by molar-refractivity contribution is -0.129. The molecule has 2 aliphatic heterocycles. The minimum Gasteiger partial charge on any atom is -0.353 e. The van der Waals surface area contributed by atoms with E-state index in [0.717, 1.165) is 25.8 Å². The Morgan fingerprint density at radius 1 is 1.11 bits per heavy atom. The fraction of sp³-hybridized carbons (Fsp3) is 0.571. The van der Waals surface area contributed by atoms with Gasteiger partial charge in [0.05, 0.1) is 5.75 Å². The van der Waals surface area contributed by atoms with Gasteiger partial charge in [0.1, 0.15) is 16.8 Å². The Labute approximate surface area is 233 Å². The van der Waals surface area contributed by atoms with Crippen LogP contribution < -0.4 is 4.90 Å². The normalized spacial score (nSPS) is 26.5. The summed E-state index contributed by atoms with van der Waals surface area (Å²) in [4.78, 5) is 41.2. The van der Waals surface area contributed by atoms with E-state index in [2.05, 4.69) is 35.6 Å². The first-order valence-electron chi connectivity index (χ1n) is 13.2. The van der Waals surface area contributed by atoms with Gasteiger partial charge in [-0.15, -0.1) is 0 Å². The number of hydrogen-bond acceptors (Lipinski definition) is 6. The fourth-order valence-electron chi connectivity index (χ4n) is 6.80. The highest BCUT2D eigenvalue weighted by atomic mass is 35.5. The molecule has 204 valence electrons. The molecule has 3 aliphatic rings. The maximum atomic E-state index is 13.3. The second kappa shape index (κ2) is 10.3. The van der Waals surface area contributed by atoms with Gasteiger partial charge in [0, 0.05) is 49.9 Å². The summed E-state index contributed by atoms with van der Waals surface area (Å²) in [5.74, 6) is 0.622. The number of likely N-dealkylation sites (tertiary alicyclic amines) is 1. The molecular formula is C28H35ClFN5O2S. The summed E-state index contributed by atoms with van der Waals surface area (Å²) in [6.07, 6.45) is 3.28. The topological polar surface area (TPSA) is 69.6 Å². The van der Waals surface area contributed by atoms with Crippen molar-refractivity contribution in [2.75, 3.05) is 36.8 Å². The summed E-state index contributed by atoms with van der Waals surface area (Å²) in [5, 5.41) is 0.806. The first-order valence-corrected chi connectivity index (χ1v) is 14.6. The van der Waals surface area contributed by atoms with Gasteiger partial charge >= 0.3 is 0 Å². The van der Waals surface area contributed by atoms with Crippen molar-refractivity contribution in [3.8, 4) is 0 Å². The second-order valence-electron chi connectivity index (χ2n) is 12.2. The predicted octanol–water partition coefficient (Wildman–Crippen LogP) is 5.14. The molecule has 5 rings (SSSR count). The summed E-state index contributed by atoms with van der Waals surface area (Å²) < 4.78 is 13.3. The highest BCUT2D eigenvalue weighted by Gasteiger charge is 2.50. The first-order chi connectivity index (χ1) is 17.9. The van der Waals surface area contributed by atoms with Crippen LogP contribution in [0.5, 0.6) is 0 Å². The number of aromatic nitrogens is 2. The SMILES string of the molecule is CC1CN(c2cc(Cl)nc(SCC(=O)N3CC4(C)CC3CC(C)(C)C4)n2)CCN1C(=O)c1ccc(F)cc1. The summed E-state index contributed by atoms with van der Waals surface area (Å²) in [5.41, 5.74) is 0.929. The number of anilines is 1. The molecule has 2 bridgehead atoms. The standard InChI is InChI=1S/C28H35ClFN5O2S/c1-18-14-33(9-10-34(18)25(37)19-5-7-20(30)8-6-19)23-11-22(29)31-26(32-23)38-15-24(36)35-17-28(4)13-21(35)12-27(2,3)16-28/h5-8,11,18,21H,9-10,12-17H2,1-4H3. The lowest BCUT2D eigenvalue weighted by Gasteiger charge is -2.40. The van der Waals surface area contributed by atoms with Gasteiger partial charge < -0.3 is 14.7 Å². The Balaban J connectivity index is 1.21. The van der Waals surface area contributed by atoms with E-state index in [0.29, 0.717) is 47.4 Å². The molecule has 1 saturated carbocycles. The van der Waals surface area contributed by atoms with Crippen LogP contribution >= 0.6 is 23.4 Å². The van der Waals surface area contributed by atoms with E-state index in [1.165, 1.54) is 36.0 Å². The number of carbonyl (C=O) groups is 2. The Hall–Kier alpha value is -2.39. The number of benzene rings is 1. The summed E-state index contributed by atoms with van der Waals surface area (Å²) in [6, 6.07) is 7.60. The number of nitrogens with zero attached hydrogens (tertiary/aromatic N) is 5. The number of halogens is 2. The molecular weight excluding hydrogens is 525 g/mol. The van der Waals surface area contributed by atoms with E-state index in [4.69, 9.17) is 16.6 Å². The van der Waals surface area contributed by atoms with Gasteiger partial charge in [-0.1, -0.05) is 44.1 Å². The van der Waals surface area contributed by atoms with E-state index in [9.17, 15) is 14.0 Å². The molecule has 3 unspecified atom stereocenters. The van der Waals surface area contributed by atoms with E-state index in [1.807, 2.05) is 6.92 Å². The molecule has 0 spiro atoms. The lowest BCUT2D eigenvalue weighted by Crippen LogP contribution is -2.54. The molecule has 2 amide bonds. The molecule has 1 aromatic heterocycles. The van der Waals surface area contributed by atoms with Crippen molar-refractivity contribution in [1.29, 1.82) is 0 Å². The van der Waals surface area contributed by atoms with Gasteiger partial charge in [0.25, 0.3) is 5.91 Å². The van der Waals surface area contributed by atoms with Crippen LogP contribution in [-0.2, 0) is 4.79 Å². The van der Waals surface area contributed by atoms with Crippen LogP contribution in [0, 0.1) is 16.6 Å². The van der Waals surface area contributed by atoms with Crippen molar-refractivity contribution < 1.29 is 14.0 Å². The van der Waals surface area contributed by atoms with E-state index in [1.54, 1.807) is 11.0 Å². The fourth-order valence-corrected chi connectivity index (χ4v) is 7.77. The quantitative estimate of drug-likeness (QED) is 0.287. The zero-order valence-corrected chi connectivity index (χ0v) is 24.0. The maximum absolute atomic E-state index is 13.3. The highest BCUT2D eigenvalue weighted by Crippen LogP contribution is 2.52. The third kappa shape index (κ3) is 5.78. The number of fused-ring (bicyclic) bond motifs is 2. The average Bonchev–Trinajstić information content (AvgIpc) is 3.10. The van der Waals surface area contributed by atoms with Gasteiger partial charge in [-0.05, 0) is 61.3 Å². The smallest absolute Gasteiger partial charge is 0.254 e. The molecule has 7 nitrogen and oxygen atoms in total. The summed E-state index contributed by atoms with van der Waals surface area (Å²) in [7, 11) is 0. The zero-order chi connectivity index (χ0) is 27.2. The predicted molar refractivity (Wildman–Crippen MR) is 148 cm³/mol. The molecule has 0 N–H and O–H groups in total. The zero-order valence-electron chi connectivity index (χ0n) is 22.4. The molecule has 2 aromatic rings. The monoisotopic (exact) mass is 559 g/mol. The van der Waals surface area contributed by atoms with Crippen LogP contribution in [0.4, 0.5) is 10.2 Å². The van der Waals surface area contributed by atoms with Crippen LogP contribution in [0.2, 0.25) is 5.15 Å². The third-order valence-electron chi connectivity index (χ3n) is 8.02. The molecule has 38 heavy (non-hydrogen) atoms. The average molecular weight is 560 g/mol. The molecule has 3 atom stereocenters. The number of rotatable bonds is 5. The van der Waals surface area contributed by atoms with Gasteiger partial charge in [-0.2, -0.15) is 0 Å².